The summed E-state index contributed by atoms with van der Waals surface area (Å²) in [6.07, 6.45) is 4.37. The molecule has 3 aromatic rings. The van der Waals surface area contributed by atoms with E-state index in [0.717, 1.165) is 39.0 Å². The van der Waals surface area contributed by atoms with Crippen LogP contribution in [0.15, 0.2) is 66.9 Å². The standard InChI is InChI=1S/C33H38FN7O4/c1-39-18-20-40(21-19-39)26-11-16-41(17-12-26)32(44)38-29-22-28(10-15-35-29)45-27-8-6-25(7-9-27)37-31(43)33(13-14-33)30(42)36-24-4-2-23(34)3-5-24/h2-10,15,22,26H,11-14,16-21H2,1H3,(H,36,42)(H,37,43)(H,35,38,44). The Labute approximate surface area is 261 Å². The first-order valence-electron chi connectivity index (χ1n) is 15.4. The van der Waals surface area contributed by atoms with E-state index >= 15 is 0 Å². The zero-order valence-corrected chi connectivity index (χ0v) is 25.3. The van der Waals surface area contributed by atoms with Gasteiger partial charge in [0.25, 0.3) is 0 Å². The average Bonchev–Trinajstić information content (AvgIpc) is 3.86. The van der Waals surface area contributed by atoms with Crippen LogP contribution in [0.4, 0.5) is 26.4 Å². The number of anilines is 3. The van der Waals surface area contributed by atoms with Crippen molar-refractivity contribution in [1.82, 2.24) is 19.7 Å². The Hall–Kier alpha value is -4.55. The Morgan fingerprint density at radius 3 is 2.00 bits per heavy atom. The Bertz CT molecular complexity index is 1510. The third kappa shape index (κ3) is 7.40. The van der Waals surface area contributed by atoms with Crippen molar-refractivity contribution in [1.29, 1.82) is 0 Å². The first-order chi connectivity index (χ1) is 21.8. The summed E-state index contributed by atoms with van der Waals surface area (Å²) in [5.41, 5.74) is -0.198. The van der Waals surface area contributed by atoms with Crippen LogP contribution in [0.5, 0.6) is 11.5 Å². The molecule has 0 spiro atoms. The minimum Gasteiger partial charge on any atom is -0.457 e. The largest absolute Gasteiger partial charge is 0.457 e. The Morgan fingerprint density at radius 2 is 1.40 bits per heavy atom. The zero-order valence-electron chi connectivity index (χ0n) is 25.3. The molecule has 236 valence electrons. The number of ether oxygens (including phenoxy) is 1. The van der Waals surface area contributed by atoms with E-state index in [2.05, 4.69) is 37.8 Å². The van der Waals surface area contributed by atoms with Gasteiger partial charge in [0.1, 0.15) is 28.5 Å². The number of pyridine rings is 1. The summed E-state index contributed by atoms with van der Waals surface area (Å²) in [4.78, 5) is 49.8. The number of halogens is 1. The predicted octanol–water partition coefficient (Wildman–Crippen LogP) is 4.61. The number of carbonyl (C=O) groups is 3. The molecule has 11 nitrogen and oxygen atoms in total. The normalized spacial score (nSPS) is 18.6. The maximum atomic E-state index is 13.2. The number of aromatic nitrogens is 1. The van der Waals surface area contributed by atoms with Gasteiger partial charge in [0.2, 0.25) is 11.8 Å². The number of amides is 4. The molecule has 0 bridgehead atoms. The zero-order chi connectivity index (χ0) is 31.4. The number of rotatable bonds is 8. The number of carbonyl (C=O) groups excluding carboxylic acids is 3. The summed E-state index contributed by atoms with van der Waals surface area (Å²) in [5, 5.41) is 8.41. The summed E-state index contributed by atoms with van der Waals surface area (Å²) >= 11 is 0. The van der Waals surface area contributed by atoms with Gasteiger partial charge in [0, 0.05) is 68.9 Å². The molecule has 1 aromatic heterocycles. The van der Waals surface area contributed by atoms with Crippen molar-refractivity contribution in [2.45, 2.75) is 31.7 Å². The number of piperidine rings is 1. The van der Waals surface area contributed by atoms with Crippen molar-refractivity contribution >= 4 is 35.0 Å². The van der Waals surface area contributed by atoms with Crippen LogP contribution in [0.25, 0.3) is 0 Å². The Kier molecular flexibility index (Phi) is 8.95. The van der Waals surface area contributed by atoms with Gasteiger partial charge in [-0.1, -0.05) is 0 Å². The van der Waals surface area contributed by atoms with E-state index in [9.17, 15) is 18.8 Å². The van der Waals surface area contributed by atoms with Gasteiger partial charge in [-0.3, -0.25) is 19.8 Å². The summed E-state index contributed by atoms with van der Waals surface area (Å²) in [5.74, 6) is 0.212. The summed E-state index contributed by atoms with van der Waals surface area (Å²) in [6, 6.07) is 15.9. The number of urea groups is 1. The van der Waals surface area contributed by atoms with Gasteiger partial charge in [-0.2, -0.15) is 0 Å². The van der Waals surface area contributed by atoms with Gasteiger partial charge < -0.3 is 25.2 Å². The number of hydrogen-bond acceptors (Lipinski definition) is 7. The van der Waals surface area contributed by atoms with Crippen LogP contribution >= 0.6 is 0 Å². The van der Waals surface area contributed by atoms with Crippen molar-refractivity contribution in [3.63, 3.8) is 0 Å². The Morgan fingerprint density at radius 1 is 0.800 bits per heavy atom. The van der Waals surface area contributed by atoms with Gasteiger partial charge in [-0.15, -0.1) is 0 Å². The molecule has 0 unspecified atom stereocenters. The van der Waals surface area contributed by atoms with Crippen molar-refractivity contribution in [2.24, 2.45) is 5.41 Å². The molecular weight excluding hydrogens is 577 g/mol. The number of likely N-dealkylation sites (N-methyl/N-ethyl adjacent to an activating group) is 1. The van der Waals surface area contributed by atoms with Crippen molar-refractivity contribution in [3.05, 3.63) is 72.7 Å². The molecule has 0 radical (unpaired) electrons. The molecule has 2 aromatic carbocycles. The number of likely N-dealkylation sites (tertiary alicyclic amines) is 1. The fraction of sp³-hybridized carbons (Fsp3) is 0.394. The molecule has 3 aliphatic rings. The van der Waals surface area contributed by atoms with Gasteiger partial charge in [-0.25, -0.2) is 14.2 Å². The lowest BCUT2D eigenvalue weighted by atomic mass is 10.0. The van der Waals surface area contributed by atoms with Gasteiger partial charge in [-0.05, 0) is 87.3 Å². The molecule has 2 saturated heterocycles. The fourth-order valence-electron chi connectivity index (χ4n) is 5.81. The van der Waals surface area contributed by atoms with Gasteiger partial charge in [0.15, 0.2) is 0 Å². The Balaban J connectivity index is 0.979. The highest BCUT2D eigenvalue weighted by atomic mass is 19.1. The molecule has 12 heteroatoms. The van der Waals surface area contributed by atoms with Crippen LogP contribution in [-0.4, -0.2) is 89.9 Å². The van der Waals surface area contributed by atoms with Crippen molar-refractivity contribution in [2.75, 3.05) is 62.3 Å². The highest BCUT2D eigenvalue weighted by Gasteiger charge is 2.56. The number of nitrogens with one attached hydrogen (secondary N) is 3. The van der Waals surface area contributed by atoms with Crippen molar-refractivity contribution < 1.29 is 23.5 Å². The number of piperazine rings is 1. The third-order valence-corrected chi connectivity index (χ3v) is 8.84. The second-order valence-electron chi connectivity index (χ2n) is 12.0. The summed E-state index contributed by atoms with van der Waals surface area (Å²) < 4.78 is 19.1. The fourth-order valence-corrected chi connectivity index (χ4v) is 5.81. The second kappa shape index (κ2) is 13.2. The highest BCUT2D eigenvalue weighted by molar-refractivity contribution is 6.16. The van der Waals surface area contributed by atoms with Crippen LogP contribution < -0.4 is 20.7 Å². The molecule has 1 saturated carbocycles. The van der Waals surface area contributed by atoms with Crippen LogP contribution in [-0.2, 0) is 9.59 Å². The monoisotopic (exact) mass is 615 g/mol. The van der Waals surface area contributed by atoms with E-state index in [1.165, 1.54) is 24.3 Å². The van der Waals surface area contributed by atoms with Gasteiger partial charge >= 0.3 is 6.03 Å². The SMILES string of the molecule is CN1CCN(C2CCN(C(=O)Nc3cc(Oc4ccc(NC(=O)C5(C(=O)Nc6ccc(F)cc6)CC5)cc4)ccn3)CC2)CC1. The van der Waals surface area contributed by atoms with Crippen LogP contribution in [0.1, 0.15) is 25.7 Å². The molecule has 6 rings (SSSR count). The van der Waals surface area contributed by atoms with Crippen molar-refractivity contribution in [3.8, 4) is 11.5 Å². The molecule has 45 heavy (non-hydrogen) atoms. The lowest BCUT2D eigenvalue weighted by molar-refractivity contribution is -0.131. The lowest BCUT2D eigenvalue weighted by Gasteiger charge is -2.42. The lowest BCUT2D eigenvalue weighted by Crippen LogP contribution is -2.53. The van der Waals surface area contributed by atoms with E-state index in [-0.39, 0.29) is 6.03 Å². The quantitative estimate of drug-likeness (QED) is 0.317. The van der Waals surface area contributed by atoms with E-state index in [1.807, 2.05) is 4.90 Å². The minimum absolute atomic E-state index is 0.170. The molecule has 4 amide bonds. The first-order valence-corrected chi connectivity index (χ1v) is 15.4. The molecule has 3 heterocycles. The number of nitrogens with zero attached hydrogens (tertiary/aromatic N) is 4. The van der Waals surface area contributed by atoms with Gasteiger partial charge in [0.05, 0.1) is 0 Å². The molecule has 3 N–H and O–H groups in total. The third-order valence-electron chi connectivity index (χ3n) is 8.84. The smallest absolute Gasteiger partial charge is 0.323 e. The molecule has 2 aliphatic heterocycles. The molecule has 3 fully saturated rings. The number of benzene rings is 2. The maximum absolute atomic E-state index is 13.2. The predicted molar refractivity (Wildman–Crippen MR) is 169 cm³/mol. The van der Waals surface area contributed by atoms with E-state index in [1.54, 1.807) is 42.6 Å². The summed E-state index contributed by atoms with van der Waals surface area (Å²) in [7, 11) is 2.16. The van der Waals surface area contributed by atoms with E-state index in [4.69, 9.17) is 4.74 Å². The van der Waals surface area contributed by atoms with Crippen LogP contribution in [0.3, 0.4) is 0 Å². The highest BCUT2D eigenvalue weighted by Crippen LogP contribution is 2.47. The molecular formula is C33H38FN7O4. The summed E-state index contributed by atoms with van der Waals surface area (Å²) in [6.45, 7) is 5.77. The second-order valence-corrected chi connectivity index (χ2v) is 12.0. The van der Waals surface area contributed by atoms with Crippen LogP contribution in [0.2, 0.25) is 0 Å². The van der Waals surface area contributed by atoms with Crippen LogP contribution in [0, 0.1) is 11.2 Å². The minimum atomic E-state index is -1.15. The first kappa shape index (κ1) is 30.5. The number of hydrogen-bond donors (Lipinski definition) is 3. The topological polar surface area (TPSA) is 119 Å². The average molecular weight is 616 g/mol. The molecule has 0 atom stereocenters. The van der Waals surface area contributed by atoms with E-state index < -0.39 is 23.0 Å². The van der Waals surface area contributed by atoms with E-state index in [0.29, 0.717) is 60.7 Å². The molecule has 1 aliphatic carbocycles. The maximum Gasteiger partial charge on any atom is 0.323 e.